The van der Waals surface area contributed by atoms with E-state index in [-0.39, 0.29) is 24.3 Å². The number of para-hydroxylation sites is 2. The normalized spacial score (nSPS) is 17.1. The van der Waals surface area contributed by atoms with E-state index in [4.69, 9.17) is 4.74 Å². The van der Waals surface area contributed by atoms with Crippen LogP contribution in [0.5, 0.6) is 5.75 Å². The van der Waals surface area contributed by atoms with Crippen molar-refractivity contribution < 1.29 is 14.3 Å². The number of rotatable bonds is 4. The first-order valence-corrected chi connectivity index (χ1v) is 10.1. The van der Waals surface area contributed by atoms with Gasteiger partial charge in [0.05, 0.1) is 0 Å². The van der Waals surface area contributed by atoms with E-state index in [9.17, 15) is 9.59 Å². The number of anilines is 1. The molecule has 1 saturated heterocycles. The maximum Gasteiger partial charge on any atom is 0.260 e. The monoisotopic (exact) mass is 378 g/mol. The molecule has 0 spiro atoms. The van der Waals surface area contributed by atoms with E-state index < -0.39 is 0 Å². The molecule has 2 aromatic rings. The number of amides is 2. The highest BCUT2D eigenvalue weighted by molar-refractivity contribution is 5.96. The van der Waals surface area contributed by atoms with Crippen LogP contribution >= 0.6 is 0 Å². The fourth-order valence-corrected chi connectivity index (χ4v) is 4.11. The number of likely N-dealkylation sites (tertiary alicyclic amines) is 1. The standard InChI is InChI=1S/C23H26N2O3/c26-22(17-28-20-9-2-1-3-10-20)24-15-12-19(13-16-24)23(27)25-14-6-8-18-7-4-5-11-21(18)25/h1-5,7,9-11,19H,6,8,12-17H2. The maximum absolute atomic E-state index is 13.1. The summed E-state index contributed by atoms with van der Waals surface area (Å²) in [5, 5.41) is 0. The Labute approximate surface area is 165 Å². The minimum atomic E-state index is -0.0157. The van der Waals surface area contributed by atoms with Crippen molar-refractivity contribution in [2.24, 2.45) is 5.92 Å². The predicted molar refractivity (Wildman–Crippen MR) is 108 cm³/mol. The van der Waals surface area contributed by atoms with Gasteiger partial charge in [0.2, 0.25) is 5.91 Å². The topological polar surface area (TPSA) is 49.9 Å². The lowest BCUT2D eigenvalue weighted by atomic mass is 9.93. The van der Waals surface area contributed by atoms with E-state index in [1.54, 1.807) is 0 Å². The van der Waals surface area contributed by atoms with Gasteiger partial charge >= 0.3 is 0 Å². The zero-order chi connectivity index (χ0) is 19.3. The number of nitrogens with zero attached hydrogens (tertiary/aromatic N) is 2. The van der Waals surface area contributed by atoms with Crippen LogP contribution in [0.3, 0.4) is 0 Å². The first kappa shape index (κ1) is 18.5. The summed E-state index contributed by atoms with van der Waals surface area (Å²) < 4.78 is 5.56. The molecule has 5 heteroatoms. The number of aryl methyl sites for hydroxylation is 1. The first-order valence-electron chi connectivity index (χ1n) is 10.1. The summed E-state index contributed by atoms with van der Waals surface area (Å²) in [6.45, 7) is 2.06. The lowest BCUT2D eigenvalue weighted by Crippen LogP contribution is -2.46. The molecule has 2 amide bonds. The number of carbonyl (C=O) groups is 2. The molecule has 0 atom stereocenters. The Morgan fingerprint density at radius 2 is 1.64 bits per heavy atom. The highest BCUT2D eigenvalue weighted by Crippen LogP contribution is 2.30. The molecule has 0 radical (unpaired) electrons. The molecule has 0 aromatic heterocycles. The summed E-state index contributed by atoms with van der Waals surface area (Å²) >= 11 is 0. The second kappa shape index (κ2) is 8.46. The Morgan fingerprint density at radius 3 is 2.43 bits per heavy atom. The number of hydrogen-bond acceptors (Lipinski definition) is 3. The molecular weight excluding hydrogens is 352 g/mol. The Balaban J connectivity index is 1.30. The molecule has 2 heterocycles. The first-order chi connectivity index (χ1) is 13.7. The third kappa shape index (κ3) is 4.03. The minimum absolute atomic E-state index is 0.00903. The number of fused-ring (bicyclic) bond motifs is 1. The van der Waals surface area contributed by atoms with Gasteiger partial charge < -0.3 is 14.5 Å². The number of ether oxygens (including phenoxy) is 1. The summed E-state index contributed by atoms with van der Waals surface area (Å²) in [4.78, 5) is 29.3. The van der Waals surface area contributed by atoms with Gasteiger partial charge in [0.1, 0.15) is 5.75 Å². The molecule has 28 heavy (non-hydrogen) atoms. The highest BCUT2D eigenvalue weighted by atomic mass is 16.5. The molecule has 146 valence electrons. The van der Waals surface area contributed by atoms with E-state index in [1.165, 1.54) is 5.56 Å². The lowest BCUT2D eigenvalue weighted by Gasteiger charge is -2.36. The molecule has 1 fully saturated rings. The van der Waals surface area contributed by atoms with Gasteiger partial charge in [0.25, 0.3) is 5.91 Å². The van der Waals surface area contributed by atoms with E-state index >= 15 is 0 Å². The van der Waals surface area contributed by atoms with Gasteiger partial charge in [-0.05, 0) is 49.4 Å². The largest absolute Gasteiger partial charge is 0.484 e. The van der Waals surface area contributed by atoms with Gasteiger partial charge in [-0.25, -0.2) is 0 Å². The number of carbonyl (C=O) groups excluding carboxylic acids is 2. The van der Waals surface area contributed by atoms with Crippen LogP contribution in [0.2, 0.25) is 0 Å². The average molecular weight is 378 g/mol. The van der Waals surface area contributed by atoms with Crippen molar-refractivity contribution in [3.05, 3.63) is 60.2 Å². The van der Waals surface area contributed by atoms with Crippen LogP contribution in [0.15, 0.2) is 54.6 Å². The van der Waals surface area contributed by atoms with Crippen LogP contribution in [0.1, 0.15) is 24.8 Å². The summed E-state index contributed by atoms with van der Waals surface area (Å²) in [6.07, 6.45) is 3.48. The molecule has 0 bridgehead atoms. The van der Waals surface area contributed by atoms with Crippen molar-refractivity contribution in [1.29, 1.82) is 0 Å². The van der Waals surface area contributed by atoms with Crippen LogP contribution < -0.4 is 9.64 Å². The second-order valence-corrected chi connectivity index (χ2v) is 7.48. The summed E-state index contributed by atoms with van der Waals surface area (Å²) in [7, 11) is 0. The number of hydrogen-bond donors (Lipinski definition) is 0. The summed E-state index contributed by atoms with van der Waals surface area (Å²) in [6, 6.07) is 17.6. The van der Waals surface area contributed by atoms with Crippen LogP contribution in [-0.4, -0.2) is 43.0 Å². The summed E-state index contributed by atoms with van der Waals surface area (Å²) in [5.41, 5.74) is 2.32. The third-order valence-corrected chi connectivity index (χ3v) is 5.68. The third-order valence-electron chi connectivity index (χ3n) is 5.68. The second-order valence-electron chi connectivity index (χ2n) is 7.48. The van der Waals surface area contributed by atoms with Crippen molar-refractivity contribution in [2.75, 3.05) is 31.1 Å². The highest BCUT2D eigenvalue weighted by Gasteiger charge is 2.32. The van der Waals surface area contributed by atoms with Crippen LogP contribution in [0.4, 0.5) is 5.69 Å². The van der Waals surface area contributed by atoms with Crippen molar-refractivity contribution in [3.63, 3.8) is 0 Å². The van der Waals surface area contributed by atoms with Gasteiger partial charge in [-0.15, -0.1) is 0 Å². The average Bonchev–Trinajstić information content (AvgIpc) is 2.77. The smallest absolute Gasteiger partial charge is 0.260 e. The van der Waals surface area contributed by atoms with Gasteiger partial charge in [0, 0.05) is 31.2 Å². The van der Waals surface area contributed by atoms with E-state index in [0.717, 1.165) is 25.1 Å². The van der Waals surface area contributed by atoms with Crippen molar-refractivity contribution in [3.8, 4) is 5.75 Å². The molecule has 2 aromatic carbocycles. The minimum Gasteiger partial charge on any atom is -0.484 e. The van der Waals surface area contributed by atoms with Gasteiger partial charge in [-0.3, -0.25) is 9.59 Å². The number of piperidine rings is 1. The molecule has 0 aliphatic carbocycles. The van der Waals surface area contributed by atoms with Crippen molar-refractivity contribution in [2.45, 2.75) is 25.7 Å². The van der Waals surface area contributed by atoms with Gasteiger partial charge in [-0.2, -0.15) is 0 Å². The SMILES string of the molecule is O=C(COc1ccccc1)N1CCC(C(=O)N2CCCc3ccccc32)CC1. The van der Waals surface area contributed by atoms with Crippen molar-refractivity contribution >= 4 is 17.5 Å². The van der Waals surface area contributed by atoms with E-state index in [0.29, 0.717) is 31.7 Å². The Bertz CT molecular complexity index is 829. The maximum atomic E-state index is 13.1. The fraction of sp³-hybridized carbons (Fsp3) is 0.391. The molecule has 0 unspecified atom stereocenters. The molecule has 0 N–H and O–H groups in total. The lowest BCUT2D eigenvalue weighted by molar-refractivity contribution is -0.136. The Morgan fingerprint density at radius 1 is 0.929 bits per heavy atom. The predicted octanol–water partition coefficient (Wildman–Crippen LogP) is 3.28. The number of benzene rings is 2. The zero-order valence-electron chi connectivity index (χ0n) is 16.0. The Kier molecular flexibility index (Phi) is 5.60. The molecule has 2 aliphatic heterocycles. The van der Waals surface area contributed by atoms with Crippen LogP contribution in [0.25, 0.3) is 0 Å². The van der Waals surface area contributed by atoms with E-state index in [1.807, 2.05) is 58.3 Å². The van der Waals surface area contributed by atoms with E-state index in [2.05, 4.69) is 6.07 Å². The van der Waals surface area contributed by atoms with Crippen molar-refractivity contribution in [1.82, 2.24) is 4.90 Å². The molecule has 0 saturated carbocycles. The summed E-state index contributed by atoms with van der Waals surface area (Å²) in [5.74, 6) is 0.882. The fourth-order valence-electron chi connectivity index (χ4n) is 4.11. The van der Waals surface area contributed by atoms with Gasteiger partial charge in [-0.1, -0.05) is 36.4 Å². The molecule has 5 nitrogen and oxygen atoms in total. The zero-order valence-corrected chi connectivity index (χ0v) is 16.0. The van der Waals surface area contributed by atoms with Gasteiger partial charge in [0.15, 0.2) is 6.61 Å². The molecule has 4 rings (SSSR count). The molecular formula is C23H26N2O3. The van der Waals surface area contributed by atoms with Crippen LogP contribution in [-0.2, 0) is 16.0 Å². The Hall–Kier alpha value is -2.82. The quantitative estimate of drug-likeness (QED) is 0.820. The molecule has 2 aliphatic rings. The van der Waals surface area contributed by atoms with Crippen LogP contribution in [0, 0.1) is 5.92 Å².